The zero-order valence-corrected chi connectivity index (χ0v) is 13.9. The number of rotatable bonds is 6. The molecule has 5 heteroatoms. The van der Waals surface area contributed by atoms with Crippen molar-refractivity contribution in [2.75, 3.05) is 32.1 Å². The number of methoxy groups -OCH3 is 1. The third kappa shape index (κ3) is 4.44. The second-order valence-corrected chi connectivity index (χ2v) is 5.98. The van der Waals surface area contributed by atoms with Crippen LogP contribution in [0.25, 0.3) is 0 Å². The molecule has 1 saturated heterocycles. The molecule has 0 bridgehead atoms. The van der Waals surface area contributed by atoms with Gasteiger partial charge in [0.15, 0.2) is 0 Å². The van der Waals surface area contributed by atoms with E-state index in [2.05, 4.69) is 22.1 Å². The van der Waals surface area contributed by atoms with E-state index in [-0.39, 0.29) is 5.97 Å². The first-order valence-electron chi connectivity index (χ1n) is 8.15. The molecule has 0 radical (unpaired) electrons. The fourth-order valence-electron chi connectivity index (χ4n) is 2.97. The second kappa shape index (κ2) is 8.13. The molecule has 1 fully saturated rings. The fraction of sp³-hybridized carbons (Fsp3) is 0.647. The largest absolute Gasteiger partial charge is 0.465 e. The number of carbonyl (C=O) groups excluding carboxylic acids is 1. The van der Waals surface area contributed by atoms with Crippen LogP contribution in [-0.2, 0) is 4.74 Å². The number of esters is 1. The molecule has 0 amide bonds. The highest BCUT2D eigenvalue weighted by molar-refractivity contribution is 5.90. The monoisotopic (exact) mass is 305 g/mol. The molecule has 1 N–H and O–H groups in total. The smallest absolute Gasteiger partial charge is 0.339 e. The molecule has 0 aliphatic carbocycles. The number of carbonyl (C=O) groups is 1. The molecule has 1 aliphatic rings. The predicted molar refractivity (Wildman–Crippen MR) is 88.3 cm³/mol. The Morgan fingerprint density at radius 2 is 2.27 bits per heavy atom. The molecule has 2 rings (SSSR count). The number of ether oxygens (including phenoxy) is 1. The minimum atomic E-state index is -0.337. The molecule has 2 heterocycles. The van der Waals surface area contributed by atoms with E-state index in [0.29, 0.717) is 17.3 Å². The molecule has 5 nitrogen and oxygen atoms in total. The Balaban J connectivity index is 1.77. The molecule has 122 valence electrons. The van der Waals surface area contributed by atoms with Crippen LogP contribution in [0.15, 0.2) is 12.1 Å². The Hall–Kier alpha value is -1.62. The van der Waals surface area contributed by atoms with Crippen LogP contribution >= 0.6 is 0 Å². The maximum atomic E-state index is 11.5. The highest BCUT2D eigenvalue weighted by Gasteiger charge is 2.17. The van der Waals surface area contributed by atoms with Gasteiger partial charge in [-0.25, -0.2) is 9.78 Å². The summed E-state index contributed by atoms with van der Waals surface area (Å²) in [6.07, 6.45) is 5.12. The summed E-state index contributed by atoms with van der Waals surface area (Å²) in [7, 11) is 1.38. The Labute approximate surface area is 133 Å². The highest BCUT2D eigenvalue weighted by Crippen LogP contribution is 2.16. The first kappa shape index (κ1) is 16.7. The third-order valence-corrected chi connectivity index (χ3v) is 4.36. The van der Waals surface area contributed by atoms with Crippen LogP contribution in [0.5, 0.6) is 0 Å². The number of piperidine rings is 1. The molecule has 1 aromatic heterocycles. The number of hydrogen-bond donors (Lipinski definition) is 1. The summed E-state index contributed by atoms with van der Waals surface area (Å²) in [5, 5.41) is 3.33. The number of nitrogens with zero attached hydrogens (tertiary/aromatic N) is 2. The number of likely N-dealkylation sites (tertiary alicyclic amines) is 1. The van der Waals surface area contributed by atoms with Crippen molar-refractivity contribution in [1.29, 1.82) is 0 Å². The van der Waals surface area contributed by atoms with E-state index in [1.165, 1.54) is 32.9 Å². The van der Waals surface area contributed by atoms with E-state index < -0.39 is 0 Å². The summed E-state index contributed by atoms with van der Waals surface area (Å²) in [5.74, 6) is 0.479. The number of aryl methyl sites for hydroxylation is 1. The topological polar surface area (TPSA) is 54.5 Å². The van der Waals surface area contributed by atoms with Gasteiger partial charge in [0.1, 0.15) is 5.82 Å². The lowest BCUT2D eigenvalue weighted by Gasteiger charge is -2.33. The Bertz CT molecular complexity index is 505. The molecule has 0 spiro atoms. The molecular formula is C17H27N3O2. The lowest BCUT2D eigenvalue weighted by molar-refractivity contribution is 0.0599. The van der Waals surface area contributed by atoms with Crippen LogP contribution < -0.4 is 5.32 Å². The zero-order chi connectivity index (χ0) is 15.9. The van der Waals surface area contributed by atoms with Gasteiger partial charge in [-0.1, -0.05) is 6.42 Å². The van der Waals surface area contributed by atoms with Crippen molar-refractivity contribution < 1.29 is 9.53 Å². The van der Waals surface area contributed by atoms with E-state index >= 15 is 0 Å². The minimum Gasteiger partial charge on any atom is -0.465 e. The van der Waals surface area contributed by atoms with Crippen molar-refractivity contribution in [3.8, 4) is 0 Å². The summed E-state index contributed by atoms with van der Waals surface area (Å²) in [5.41, 5.74) is 1.22. The average molecular weight is 305 g/mol. The lowest BCUT2D eigenvalue weighted by atomic mass is 10.0. The first-order chi connectivity index (χ1) is 10.6. The summed E-state index contributed by atoms with van der Waals surface area (Å²) >= 11 is 0. The van der Waals surface area contributed by atoms with Gasteiger partial charge >= 0.3 is 5.97 Å². The maximum Gasteiger partial charge on any atom is 0.339 e. The van der Waals surface area contributed by atoms with Gasteiger partial charge in [0, 0.05) is 19.1 Å². The number of aromatic nitrogens is 1. The standard InChI is InChI=1S/C17H27N3O2/c1-13-7-4-5-11-20(13)12-6-10-18-16-9-8-15(14(2)19-16)17(21)22-3/h8-9,13H,4-7,10-12H2,1-3H3,(H,18,19). The minimum absolute atomic E-state index is 0.337. The molecule has 1 aromatic rings. The normalized spacial score (nSPS) is 19.0. The molecule has 0 saturated carbocycles. The van der Waals surface area contributed by atoms with Crippen molar-refractivity contribution in [2.24, 2.45) is 0 Å². The van der Waals surface area contributed by atoms with Crippen LogP contribution in [0, 0.1) is 6.92 Å². The van der Waals surface area contributed by atoms with Gasteiger partial charge < -0.3 is 15.0 Å². The lowest BCUT2D eigenvalue weighted by Crippen LogP contribution is -2.38. The number of nitrogens with one attached hydrogen (secondary N) is 1. The number of pyridine rings is 1. The number of anilines is 1. The molecule has 1 unspecified atom stereocenters. The fourth-order valence-corrected chi connectivity index (χ4v) is 2.97. The van der Waals surface area contributed by atoms with E-state index in [0.717, 1.165) is 25.3 Å². The second-order valence-electron chi connectivity index (χ2n) is 5.98. The van der Waals surface area contributed by atoms with E-state index in [1.807, 2.05) is 13.0 Å². The van der Waals surface area contributed by atoms with Crippen LogP contribution in [0.3, 0.4) is 0 Å². The summed E-state index contributed by atoms with van der Waals surface area (Å²) in [4.78, 5) is 18.5. The predicted octanol–water partition coefficient (Wildman–Crippen LogP) is 2.85. The zero-order valence-electron chi connectivity index (χ0n) is 13.9. The Morgan fingerprint density at radius 3 is 2.95 bits per heavy atom. The average Bonchev–Trinajstić information content (AvgIpc) is 2.52. The van der Waals surface area contributed by atoms with Gasteiger partial charge in [-0.2, -0.15) is 0 Å². The molecule has 22 heavy (non-hydrogen) atoms. The summed E-state index contributed by atoms with van der Waals surface area (Å²) < 4.78 is 4.73. The highest BCUT2D eigenvalue weighted by atomic mass is 16.5. The molecule has 1 aliphatic heterocycles. The van der Waals surface area contributed by atoms with E-state index in [1.54, 1.807) is 6.07 Å². The van der Waals surface area contributed by atoms with E-state index in [9.17, 15) is 4.79 Å². The maximum absolute atomic E-state index is 11.5. The van der Waals surface area contributed by atoms with Gasteiger partial charge in [0.05, 0.1) is 18.4 Å². The third-order valence-electron chi connectivity index (χ3n) is 4.36. The van der Waals surface area contributed by atoms with Crippen molar-refractivity contribution in [1.82, 2.24) is 9.88 Å². The Morgan fingerprint density at radius 1 is 1.45 bits per heavy atom. The van der Waals surface area contributed by atoms with Crippen LogP contribution in [0.1, 0.15) is 48.7 Å². The van der Waals surface area contributed by atoms with Gasteiger partial charge in [0.25, 0.3) is 0 Å². The van der Waals surface area contributed by atoms with Gasteiger partial charge in [-0.3, -0.25) is 0 Å². The summed E-state index contributed by atoms with van der Waals surface area (Å²) in [6, 6.07) is 4.32. The van der Waals surface area contributed by atoms with Crippen molar-refractivity contribution >= 4 is 11.8 Å². The molecule has 1 atom stereocenters. The van der Waals surface area contributed by atoms with Crippen molar-refractivity contribution in [3.05, 3.63) is 23.4 Å². The van der Waals surface area contributed by atoms with E-state index in [4.69, 9.17) is 4.74 Å². The van der Waals surface area contributed by atoms with Crippen LogP contribution in [0.4, 0.5) is 5.82 Å². The van der Waals surface area contributed by atoms with Gasteiger partial charge in [-0.15, -0.1) is 0 Å². The van der Waals surface area contributed by atoms with Crippen LogP contribution in [0.2, 0.25) is 0 Å². The first-order valence-corrected chi connectivity index (χ1v) is 8.15. The van der Waals surface area contributed by atoms with Gasteiger partial charge in [0.2, 0.25) is 0 Å². The van der Waals surface area contributed by atoms with Crippen LogP contribution in [-0.4, -0.2) is 48.6 Å². The molecular weight excluding hydrogens is 278 g/mol. The molecule has 0 aromatic carbocycles. The summed E-state index contributed by atoms with van der Waals surface area (Å²) in [6.45, 7) is 7.41. The van der Waals surface area contributed by atoms with Crippen molar-refractivity contribution in [3.63, 3.8) is 0 Å². The SMILES string of the molecule is COC(=O)c1ccc(NCCCN2CCCCC2C)nc1C. The van der Waals surface area contributed by atoms with Crippen molar-refractivity contribution in [2.45, 2.75) is 45.6 Å². The number of hydrogen-bond acceptors (Lipinski definition) is 5. The Kier molecular flexibility index (Phi) is 6.19. The quantitative estimate of drug-likeness (QED) is 0.647. The van der Waals surface area contributed by atoms with Gasteiger partial charge in [-0.05, 0) is 51.8 Å².